The van der Waals surface area contributed by atoms with Gasteiger partial charge in [0.25, 0.3) is 5.91 Å². The van der Waals surface area contributed by atoms with Crippen LogP contribution in [0.15, 0.2) is 29.8 Å². The van der Waals surface area contributed by atoms with Crippen molar-refractivity contribution in [2.45, 2.75) is 32.9 Å². The van der Waals surface area contributed by atoms with Crippen LogP contribution in [0.2, 0.25) is 0 Å². The highest BCUT2D eigenvalue weighted by atomic mass is 32.1. The number of hydrogen-bond donors (Lipinski definition) is 1. The molecule has 1 unspecified atom stereocenters. The molecule has 0 spiro atoms. The molecule has 1 amide bonds. The summed E-state index contributed by atoms with van der Waals surface area (Å²) >= 11 is 1.53. The molecular weight excluding hydrogens is 352 g/mol. The zero-order valence-electron chi connectivity index (χ0n) is 15.0. The number of carbonyl (C=O) groups is 2. The molecule has 3 heterocycles. The minimum absolute atomic E-state index is 0.0808. The number of fused-ring (bicyclic) bond motifs is 1. The van der Waals surface area contributed by atoms with Crippen molar-refractivity contribution in [3.05, 3.63) is 35.3 Å². The monoisotopic (exact) mass is 372 g/mol. The predicted molar refractivity (Wildman–Crippen MR) is 100 cm³/mol. The number of carboxylic acids is 1. The average molecular weight is 372 g/mol. The molecule has 8 heteroatoms. The highest BCUT2D eigenvalue weighted by Crippen LogP contribution is 2.29. The number of aromatic nitrogens is 3. The van der Waals surface area contributed by atoms with E-state index in [1.165, 1.54) is 30.2 Å². The third-order valence-corrected chi connectivity index (χ3v) is 5.21. The molecule has 7 nitrogen and oxygen atoms in total. The van der Waals surface area contributed by atoms with Crippen molar-refractivity contribution >= 4 is 34.2 Å². The lowest BCUT2D eigenvalue weighted by molar-refractivity contribution is -0.141. The van der Waals surface area contributed by atoms with Crippen LogP contribution >= 0.6 is 11.3 Å². The van der Waals surface area contributed by atoms with Gasteiger partial charge in [-0.1, -0.05) is 6.07 Å². The number of carboxylic acid groups (broad SMARTS) is 1. The van der Waals surface area contributed by atoms with Crippen molar-refractivity contribution in [2.24, 2.45) is 0 Å². The second-order valence-corrected chi connectivity index (χ2v) is 7.33. The Kier molecular flexibility index (Phi) is 4.78. The van der Waals surface area contributed by atoms with Gasteiger partial charge >= 0.3 is 5.97 Å². The highest BCUT2D eigenvalue weighted by molar-refractivity contribution is 7.13. The summed E-state index contributed by atoms with van der Waals surface area (Å²) in [6.07, 6.45) is 1.62. The van der Waals surface area contributed by atoms with Crippen LogP contribution in [0.4, 0.5) is 0 Å². The van der Waals surface area contributed by atoms with Crippen LogP contribution < -0.4 is 0 Å². The van der Waals surface area contributed by atoms with Gasteiger partial charge in [-0.05, 0) is 38.3 Å². The Labute approximate surface area is 154 Å². The van der Waals surface area contributed by atoms with E-state index in [4.69, 9.17) is 4.98 Å². The van der Waals surface area contributed by atoms with Crippen LogP contribution in [0.3, 0.4) is 0 Å². The van der Waals surface area contributed by atoms with Gasteiger partial charge < -0.3 is 10.0 Å². The maximum Gasteiger partial charge on any atom is 0.326 e. The molecule has 3 aromatic heterocycles. The first-order valence-electron chi connectivity index (χ1n) is 8.23. The van der Waals surface area contributed by atoms with Gasteiger partial charge in [0.1, 0.15) is 6.04 Å². The Balaban J connectivity index is 2.20. The topological polar surface area (TPSA) is 88.3 Å². The first kappa shape index (κ1) is 18.1. The SMILES string of the molecule is CC(C(=O)O)N(C)C(=O)c1cc(-c2cccs2)nc2c1cnn2C(C)C. The van der Waals surface area contributed by atoms with Gasteiger partial charge in [0.2, 0.25) is 0 Å². The van der Waals surface area contributed by atoms with Crippen LogP contribution in [-0.4, -0.2) is 49.7 Å². The van der Waals surface area contributed by atoms with Crippen molar-refractivity contribution in [3.8, 4) is 10.6 Å². The minimum atomic E-state index is -1.05. The van der Waals surface area contributed by atoms with Crippen molar-refractivity contribution in [1.29, 1.82) is 0 Å². The minimum Gasteiger partial charge on any atom is -0.480 e. The van der Waals surface area contributed by atoms with Gasteiger partial charge in [0.05, 0.1) is 27.7 Å². The lowest BCUT2D eigenvalue weighted by Gasteiger charge is -2.22. The van der Waals surface area contributed by atoms with E-state index in [1.54, 1.807) is 16.9 Å². The van der Waals surface area contributed by atoms with E-state index in [0.717, 1.165) is 4.88 Å². The predicted octanol–water partition coefficient (Wildman–Crippen LogP) is 3.29. The van der Waals surface area contributed by atoms with Gasteiger partial charge in [-0.15, -0.1) is 11.3 Å². The molecule has 3 rings (SSSR count). The number of hydrogen-bond acceptors (Lipinski definition) is 5. The molecule has 0 saturated heterocycles. The summed E-state index contributed by atoms with van der Waals surface area (Å²) in [6.45, 7) is 5.47. The number of nitrogens with zero attached hydrogens (tertiary/aromatic N) is 4. The van der Waals surface area contributed by atoms with Crippen molar-refractivity contribution in [2.75, 3.05) is 7.05 Å². The molecule has 0 saturated carbocycles. The zero-order chi connectivity index (χ0) is 19.0. The van der Waals surface area contributed by atoms with Gasteiger partial charge in [-0.3, -0.25) is 4.79 Å². The summed E-state index contributed by atoms with van der Waals surface area (Å²) in [5.74, 6) is -1.42. The normalized spacial score (nSPS) is 12.5. The van der Waals surface area contributed by atoms with Gasteiger partial charge in [-0.2, -0.15) is 5.10 Å². The Bertz CT molecular complexity index is 962. The van der Waals surface area contributed by atoms with Crippen LogP contribution in [0, 0.1) is 0 Å². The highest BCUT2D eigenvalue weighted by Gasteiger charge is 2.26. The number of rotatable bonds is 5. The molecular formula is C18H20N4O3S. The third-order valence-electron chi connectivity index (χ3n) is 4.32. The molecule has 0 aromatic carbocycles. The Morgan fingerprint density at radius 1 is 1.31 bits per heavy atom. The smallest absolute Gasteiger partial charge is 0.326 e. The molecule has 136 valence electrons. The number of amides is 1. The summed E-state index contributed by atoms with van der Waals surface area (Å²) < 4.78 is 1.77. The molecule has 1 N–H and O–H groups in total. The fourth-order valence-corrected chi connectivity index (χ4v) is 3.34. The molecule has 0 aliphatic heterocycles. The first-order chi connectivity index (χ1) is 12.3. The summed E-state index contributed by atoms with van der Waals surface area (Å²) in [6, 6.07) is 4.72. The summed E-state index contributed by atoms with van der Waals surface area (Å²) in [4.78, 5) is 31.1. The molecule has 1 atom stereocenters. The van der Waals surface area contributed by atoms with Crippen molar-refractivity contribution < 1.29 is 14.7 Å². The fraction of sp³-hybridized carbons (Fsp3) is 0.333. The molecule has 26 heavy (non-hydrogen) atoms. The number of likely N-dealkylation sites (N-methyl/N-ethyl adjacent to an activating group) is 1. The zero-order valence-corrected chi connectivity index (χ0v) is 15.8. The third kappa shape index (κ3) is 3.08. The largest absolute Gasteiger partial charge is 0.480 e. The molecule has 0 radical (unpaired) electrons. The molecule has 3 aromatic rings. The van der Waals surface area contributed by atoms with E-state index < -0.39 is 12.0 Å². The lowest BCUT2D eigenvalue weighted by atomic mass is 10.1. The van der Waals surface area contributed by atoms with E-state index >= 15 is 0 Å². The molecule has 0 fully saturated rings. The quantitative estimate of drug-likeness (QED) is 0.742. The number of carbonyl (C=O) groups excluding carboxylic acids is 1. The molecule has 0 bridgehead atoms. The fourth-order valence-electron chi connectivity index (χ4n) is 2.65. The maximum absolute atomic E-state index is 13.0. The summed E-state index contributed by atoms with van der Waals surface area (Å²) in [7, 11) is 1.49. The van der Waals surface area contributed by atoms with Crippen LogP contribution in [0.5, 0.6) is 0 Å². The second-order valence-electron chi connectivity index (χ2n) is 6.38. The Morgan fingerprint density at radius 3 is 2.62 bits per heavy atom. The van der Waals surface area contributed by atoms with Crippen molar-refractivity contribution in [1.82, 2.24) is 19.7 Å². The van der Waals surface area contributed by atoms with Crippen LogP contribution in [0.25, 0.3) is 21.6 Å². The standard InChI is InChI=1S/C18H20N4O3S/c1-10(2)22-16-13(9-19-22)12(17(23)21(4)11(3)18(24)25)8-14(20-16)15-6-5-7-26-15/h5-11H,1-4H3,(H,24,25). The second kappa shape index (κ2) is 6.87. The summed E-state index contributed by atoms with van der Waals surface area (Å²) in [5.41, 5.74) is 1.70. The number of thiophene rings is 1. The van der Waals surface area contributed by atoms with Crippen LogP contribution in [0.1, 0.15) is 37.2 Å². The molecule has 0 aliphatic rings. The van der Waals surface area contributed by atoms with Gasteiger partial charge in [0, 0.05) is 13.1 Å². The number of pyridine rings is 1. The maximum atomic E-state index is 13.0. The molecule has 0 aliphatic carbocycles. The van der Waals surface area contributed by atoms with E-state index in [2.05, 4.69) is 5.10 Å². The lowest BCUT2D eigenvalue weighted by Crippen LogP contribution is -2.40. The van der Waals surface area contributed by atoms with Gasteiger partial charge in [0.15, 0.2) is 5.65 Å². The summed E-state index contributed by atoms with van der Waals surface area (Å²) in [5, 5.41) is 16.2. The number of aliphatic carboxylic acids is 1. The van der Waals surface area contributed by atoms with Crippen LogP contribution in [-0.2, 0) is 4.79 Å². The van der Waals surface area contributed by atoms with E-state index in [9.17, 15) is 14.7 Å². The van der Waals surface area contributed by atoms with Crippen molar-refractivity contribution in [3.63, 3.8) is 0 Å². The van der Waals surface area contributed by atoms with E-state index in [-0.39, 0.29) is 11.9 Å². The Hall–Kier alpha value is -2.74. The Morgan fingerprint density at radius 2 is 2.04 bits per heavy atom. The average Bonchev–Trinajstić information content (AvgIpc) is 3.27. The first-order valence-corrected chi connectivity index (χ1v) is 9.11. The van der Waals surface area contributed by atoms with Gasteiger partial charge in [-0.25, -0.2) is 14.5 Å². The van der Waals surface area contributed by atoms with E-state index in [1.807, 2.05) is 31.4 Å². The van der Waals surface area contributed by atoms with E-state index in [0.29, 0.717) is 22.3 Å².